The van der Waals surface area contributed by atoms with Gasteiger partial charge in [0.25, 0.3) is 23.6 Å². The topological polar surface area (TPSA) is 170 Å². The lowest BCUT2D eigenvalue weighted by atomic mass is 10.0. The SMILES string of the molecule is COC(=O)/C(=C(\C)CSSC/C(C)=C(/C(=O)OC)N1C(=O)[C@@H](NC(=O)COc2ccccc2)[C@@H]1F)N1C(=O)[C@@H](NC(=O)COc2ccccc2)[C@@H]1F. The number of β-lactam (4-membered cyclic amide) rings is 2. The molecule has 2 aliphatic heterocycles. The van der Waals surface area contributed by atoms with Gasteiger partial charge in [-0.1, -0.05) is 58.0 Å². The molecule has 4 rings (SSSR count). The summed E-state index contributed by atoms with van der Waals surface area (Å²) < 4.78 is 50.7. The lowest BCUT2D eigenvalue weighted by Gasteiger charge is -2.43. The average Bonchev–Trinajstić information content (AvgIpc) is 3.16. The maximum absolute atomic E-state index is 15.3. The molecule has 2 aromatic rings. The van der Waals surface area contributed by atoms with Gasteiger partial charge in [-0.15, -0.1) is 0 Å². The molecule has 0 bridgehead atoms. The summed E-state index contributed by atoms with van der Waals surface area (Å²) in [5.74, 6) is -4.19. The molecule has 2 saturated heterocycles. The van der Waals surface area contributed by atoms with Crippen LogP contribution in [0.5, 0.6) is 11.5 Å². The fourth-order valence-electron chi connectivity index (χ4n) is 4.95. The summed E-state index contributed by atoms with van der Waals surface area (Å²) in [4.78, 5) is 76.9. The van der Waals surface area contributed by atoms with Gasteiger partial charge in [0.1, 0.15) is 22.9 Å². The zero-order chi connectivity index (χ0) is 37.9. The van der Waals surface area contributed by atoms with Crippen LogP contribution in [-0.4, -0.2) is 109 Å². The van der Waals surface area contributed by atoms with E-state index in [1.165, 1.54) is 13.8 Å². The summed E-state index contributed by atoms with van der Waals surface area (Å²) in [6, 6.07) is 13.8. The first-order valence-electron chi connectivity index (χ1n) is 15.6. The smallest absolute Gasteiger partial charge is 0.354 e. The molecule has 52 heavy (non-hydrogen) atoms. The number of halogens is 2. The summed E-state index contributed by atoms with van der Waals surface area (Å²) in [7, 11) is 4.45. The molecule has 0 spiro atoms. The number of esters is 2. The van der Waals surface area contributed by atoms with E-state index >= 15 is 8.78 Å². The molecule has 2 aliphatic rings. The van der Waals surface area contributed by atoms with E-state index in [9.17, 15) is 28.8 Å². The van der Waals surface area contributed by atoms with Crippen molar-refractivity contribution in [2.75, 3.05) is 38.9 Å². The largest absolute Gasteiger partial charge is 0.484 e. The second-order valence-electron chi connectivity index (χ2n) is 11.2. The van der Waals surface area contributed by atoms with E-state index in [1.807, 2.05) is 0 Å². The molecule has 4 amide bonds. The summed E-state index contributed by atoms with van der Waals surface area (Å²) in [5, 5.41) is 4.53. The normalized spacial score (nSPS) is 20.3. The van der Waals surface area contributed by atoms with Gasteiger partial charge < -0.3 is 29.6 Å². The van der Waals surface area contributed by atoms with Crippen LogP contribution in [0.15, 0.2) is 83.2 Å². The number of nitrogens with zero attached hydrogens (tertiary/aromatic N) is 2. The molecular weight excluding hydrogens is 727 g/mol. The summed E-state index contributed by atoms with van der Waals surface area (Å²) in [5.41, 5.74) is -0.140. The van der Waals surface area contributed by atoms with E-state index in [1.54, 1.807) is 60.7 Å². The van der Waals surface area contributed by atoms with Crippen molar-refractivity contribution in [3.8, 4) is 11.5 Å². The minimum atomic E-state index is -2.06. The number of alkyl halides is 2. The van der Waals surface area contributed by atoms with Crippen molar-refractivity contribution in [1.82, 2.24) is 20.4 Å². The maximum Gasteiger partial charge on any atom is 0.354 e. The Labute approximate surface area is 305 Å². The second kappa shape index (κ2) is 18.4. The Morgan fingerprint density at radius 3 is 1.31 bits per heavy atom. The van der Waals surface area contributed by atoms with E-state index in [0.29, 0.717) is 21.3 Å². The Kier molecular flexibility index (Phi) is 14.0. The molecule has 14 nitrogen and oxygen atoms in total. The first-order chi connectivity index (χ1) is 24.9. The minimum Gasteiger partial charge on any atom is -0.484 e. The first-order valence-corrected chi connectivity index (χ1v) is 18.1. The molecule has 2 N–H and O–H groups in total. The van der Waals surface area contributed by atoms with Gasteiger partial charge in [-0.3, -0.25) is 29.0 Å². The van der Waals surface area contributed by atoms with Gasteiger partial charge in [0.2, 0.25) is 12.6 Å². The van der Waals surface area contributed by atoms with E-state index in [0.717, 1.165) is 35.8 Å². The van der Waals surface area contributed by atoms with Gasteiger partial charge in [-0.2, -0.15) is 0 Å². The quantitative estimate of drug-likeness (QED) is 0.0605. The van der Waals surface area contributed by atoms with Crippen LogP contribution in [0, 0.1) is 0 Å². The Hall–Kier alpha value is -5.10. The summed E-state index contributed by atoms with van der Waals surface area (Å²) in [6.45, 7) is 2.07. The third-order valence-electron chi connectivity index (χ3n) is 7.59. The van der Waals surface area contributed by atoms with Crippen LogP contribution < -0.4 is 20.1 Å². The third-order valence-corrected chi connectivity index (χ3v) is 10.1. The van der Waals surface area contributed by atoms with Crippen LogP contribution >= 0.6 is 21.6 Å². The highest BCUT2D eigenvalue weighted by Crippen LogP contribution is 2.35. The molecule has 4 atom stereocenters. The van der Waals surface area contributed by atoms with Crippen molar-refractivity contribution >= 4 is 57.2 Å². The van der Waals surface area contributed by atoms with Crippen molar-refractivity contribution in [1.29, 1.82) is 0 Å². The van der Waals surface area contributed by atoms with Gasteiger partial charge in [-0.05, 0) is 49.3 Å². The zero-order valence-electron chi connectivity index (χ0n) is 28.5. The molecule has 0 aliphatic carbocycles. The number of ether oxygens (including phenoxy) is 4. The van der Waals surface area contributed by atoms with Crippen LogP contribution in [-0.2, 0) is 38.2 Å². The Morgan fingerprint density at radius 1 is 0.654 bits per heavy atom. The van der Waals surface area contributed by atoms with Gasteiger partial charge in [0.15, 0.2) is 25.3 Å². The Morgan fingerprint density at radius 2 is 1.00 bits per heavy atom. The van der Waals surface area contributed by atoms with Crippen LogP contribution in [0.4, 0.5) is 8.78 Å². The van der Waals surface area contributed by atoms with E-state index in [4.69, 9.17) is 18.9 Å². The number of likely N-dealkylation sites (tertiary alicyclic amines) is 2. The van der Waals surface area contributed by atoms with Crippen LogP contribution in [0.3, 0.4) is 0 Å². The molecular formula is C34H36F2N4O10S2. The van der Waals surface area contributed by atoms with Crippen molar-refractivity contribution in [3.63, 3.8) is 0 Å². The number of benzene rings is 2. The van der Waals surface area contributed by atoms with Gasteiger partial charge in [0, 0.05) is 11.5 Å². The number of para-hydroxylation sites is 2. The van der Waals surface area contributed by atoms with Crippen molar-refractivity contribution in [2.24, 2.45) is 0 Å². The first kappa shape index (κ1) is 39.7. The number of hydrogen-bond donors (Lipinski definition) is 2. The van der Waals surface area contributed by atoms with Gasteiger partial charge >= 0.3 is 11.9 Å². The number of carbonyl (C=O) groups excluding carboxylic acids is 6. The monoisotopic (exact) mass is 762 g/mol. The number of carbonyl (C=O) groups is 6. The molecule has 0 saturated carbocycles. The molecule has 0 radical (unpaired) electrons. The molecule has 0 aromatic heterocycles. The van der Waals surface area contributed by atoms with Crippen molar-refractivity contribution in [2.45, 2.75) is 38.5 Å². The highest BCUT2D eigenvalue weighted by atomic mass is 33.1. The van der Waals surface area contributed by atoms with Crippen LogP contribution in [0.1, 0.15) is 13.8 Å². The molecule has 2 fully saturated rings. The summed E-state index contributed by atoms with van der Waals surface area (Å²) in [6.07, 6.45) is -4.12. The predicted molar refractivity (Wildman–Crippen MR) is 186 cm³/mol. The third kappa shape index (κ3) is 9.41. The number of rotatable bonds is 17. The predicted octanol–water partition coefficient (Wildman–Crippen LogP) is 2.67. The fourth-order valence-corrected chi connectivity index (χ4v) is 7.30. The number of methoxy groups -OCH3 is 2. The van der Waals surface area contributed by atoms with Crippen molar-refractivity contribution in [3.05, 3.63) is 83.2 Å². The number of hydrogen-bond acceptors (Lipinski definition) is 12. The lowest BCUT2D eigenvalue weighted by molar-refractivity contribution is -0.164. The number of amides is 4. The molecule has 0 unspecified atom stereocenters. The molecule has 2 aromatic carbocycles. The lowest BCUT2D eigenvalue weighted by Crippen LogP contribution is -2.69. The molecule has 18 heteroatoms. The Balaban J connectivity index is 1.32. The van der Waals surface area contributed by atoms with Gasteiger partial charge in [0.05, 0.1) is 14.2 Å². The van der Waals surface area contributed by atoms with E-state index in [-0.39, 0.29) is 34.0 Å². The number of nitrogens with one attached hydrogen (secondary N) is 2. The second-order valence-corrected chi connectivity index (χ2v) is 13.7. The summed E-state index contributed by atoms with van der Waals surface area (Å²) >= 11 is 0. The molecule has 2 heterocycles. The van der Waals surface area contributed by atoms with E-state index in [2.05, 4.69) is 10.6 Å². The van der Waals surface area contributed by atoms with Crippen molar-refractivity contribution < 1.29 is 56.5 Å². The van der Waals surface area contributed by atoms with Crippen LogP contribution in [0.25, 0.3) is 0 Å². The molecule has 278 valence electrons. The van der Waals surface area contributed by atoms with E-state index < -0.39 is 73.5 Å². The highest BCUT2D eigenvalue weighted by Gasteiger charge is 2.53. The van der Waals surface area contributed by atoms with Crippen LogP contribution in [0.2, 0.25) is 0 Å². The average molecular weight is 763 g/mol. The van der Waals surface area contributed by atoms with Gasteiger partial charge in [-0.25, -0.2) is 18.4 Å². The highest BCUT2D eigenvalue weighted by molar-refractivity contribution is 8.76. The zero-order valence-corrected chi connectivity index (χ0v) is 30.1. The minimum absolute atomic E-state index is 0.0713. The standard InChI is InChI=1S/C34H36F2N4O10S2/c1-19(27(33(45)47-3)39-29(35)25(31(39)43)37-23(41)15-49-21-11-7-5-8-12-21)17-51-52-18-20(2)28(34(46)48-4)40-30(36)26(32(40)44)38-24(42)16-50-22-13-9-6-10-14-22/h5-14,25-26,29-30H,15-18H2,1-4H3,(H,37,41)(H,38,42)/b27-19-,28-20-/t25-,26-,29+,30+/m0/s1. The maximum atomic E-state index is 15.3. The fraction of sp³-hybridized carbons (Fsp3) is 0.353. The Bertz CT molecular complexity index is 1610.